The van der Waals surface area contributed by atoms with E-state index < -0.39 is 23.4 Å². The molecule has 0 spiro atoms. The lowest BCUT2D eigenvalue weighted by Gasteiger charge is -2.04. The van der Waals surface area contributed by atoms with Gasteiger partial charge in [0.1, 0.15) is 11.6 Å². The second-order valence-corrected chi connectivity index (χ2v) is 9.08. The maximum Gasteiger partial charge on any atom is 0.404 e. The van der Waals surface area contributed by atoms with E-state index in [1.165, 1.54) is 33.5 Å². The van der Waals surface area contributed by atoms with E-state index in [1.54, 1.807) is 24.5 Å². The Morgan fingerprint density at radius 2 is 1.74 bits per heavy atom. The minimum Gasteiger partial charge on any atom is -0.465 e. The fourth-order valence-corrected chi connectivity index (χ4v) is 4.79. The number of nitrogens with two attached hydrogens (primary N) is 1. The van der Waals surface area contributed by atoms with Crippen LogP contribution >= 0.6 is 0 Å². The molecule has 38 heavy (non-hydrogen) atoms. The van der Waals surface area contributed by atoms with Crippen LogP contribution in [0, 0.1) is 11.6 Å². The monoisotopic (exact) mass is 523 g/mol. The molecular weight excluding hydrogens is 496 g/mol. The summed E-state index contributed by atoms with van der Waals surface area (Å²) in [6, 6.07) is 8.79. The van der Waals surface area contributed by atoms with Gasteiger partial charge in [0.15, 0.2) is 5.82 Å². The predicted molar refractivity (Wildman–Crippen MR) is 139 cm³/mol. The Balaban J connectivity index is 1.74. The zero-order chi connectivity index (χ0) is 27.0. The summed E-state index contributed by atoms with van der Waals surface area (Å²) in [6.07, 6.45) is 3.38. The summed E-state index contributed by atoms with van der Waals surface area (Å²) in [6.45, 7) is 1.30. The van der Waals surface area contributed by atoms with Crippen molar-refractivity contribution < 1.29 is 18.7 Å². The average molecular weight is 524 g/mol. The fraction of sp³-hybridized carbons (Fsp3) is 0.269. The van der Waals surface area contributed by atoms with Gasteiger partial charge in [-0.25, -0.2) is 27.6 Å². The molecule has 0 aliphatic rings. The van der Waals surface area contributed by atoms with Crippen LogP contribution in [0.2, 0.25) is 0 Å². The molecule has 198 valence electrons. The van der Waals surface area contributed by atoms with Gasteiger partial charge in [-0.2, -0.15) is 0 Å². The maximum atomic E-state index is 14.4. The summed E-state index contributed by atoms with van der Waals surface area (Å²) in [4.78, 5) is 24.6. The highest BCUT2D eigenvalue weighted by Crippen LogP contribution is 2.33. The third-order valence-electron chi connectivity index (χ3n) is 6.52. The first-order valence-electron chi connectivity index (χ1n) is 12.2. The number of aryl methyl sites for hydroxylation is 3. The summed E-state index contributed by atoms with van der Waals surface area (Å²) >= 11 is 0. The van der Waals surface area contributed by atoms with Gasteiger partial charge in [0.25, 0.3) is 0 Å². The third kappa shape index (κ3) is 4.54. The number of hydrogen-bond donors (Lipinski definition) is 3. The van der Waals surface area contributed by atoms with E-state index in [2.05, 4.69) is 10.4 Å². The highest BCUT2D eigenvalue weighted by molar-refractivity contribution is 5.96. The lowest BCUT2D eigenvalue weighted by atomic mass is 10.1. The standard InChI is InChI=1S/C26H27F2N7O3/c1-32-14-20(18-12-16(27)4-6-21(18)32)24-31-34(11-3-9-30-25(36)37)26(38)35(24)23-15-33(10-2-8-29)22-7-5-17(28)13-19(22)23/h4-7,12-15,30H,2-3,8-11,29H2,1H3,(H,36,37). The number of amides is 1. The number of nitrogens with zero attached hydrogens (tertiary/aromatic N) is 5. The Hall–Kier alpha value is -4.45. The van der Waals surface area contributed by atoms with Gasteiger partial charge in [0.05, 0.1) is 11.2 Å². The van der Waals surface area contributed by atoms with E-state index >= 15 is 0 Å². The minimum absolute atomic E-state index is 0.132. The smallest absolute Gasteiger partial charge is 0.404 e. The molecule has 0 saturated heterocycles. The zero-order valence-corrected chi connectivity index (χ0v) is 20.7. The normalized spacial score (nSPS) is 11.6. The molecule has 10 nitrogen and oxygen atoms in total. The molecule has 0 saturated carbocycles. The molecule has 12 heteroatoms. The van der Waals surface area contributed by atoms with Crippen LogP contribution in [-0.2, 0) is 20.1 Å². The Morgan fingerprint density at radius 3 is 2.45 bits per heavy atom. The number of fused-ring (bicyclic) bond motifs is 2. The van der Waals surface area contributed by atoms with Gasteiger partial charge >= 0.3 is 11.8 Å². The summed E-state index contributed by atoms with van der Waals surface area (Å²) in [7, 11) is 1.81. The molecular formula is C26H27F2N7O3. The lowest BCUT2D eigenvalue weighted by molar-refractivity contribution is 0.194. The van der Waals surface area contributed by atoms with Crippen LogP contribution in [-0.4, -0.2) is 47.8 Å². The summed E-state index contributed by atoms with van der Waals surface area (Å²) < 4.78 is 35.1. The average Bonchev–Trinajstić information content (AvgIpc) is 3.50. The molecule has 1 amide bonds. The molecule has 5 aromatic rings. The second-order valence-electron chi connectivity index (χ2n) is 9.08. The van der Waals surface area contributed by atoms with Crippen LogP contribution < -0.4 is 16.7 Å². The van der Waals surface area contributed by atoms with E-state index in [9.17, 15) is 18.4 Å². The topological polar surface area (TPSA) is 125 Å². The van der Waals surface area contributed by atoms with Crippen molar-refractivity contribution in [1.29, 1.82) is 0 Å². The predicted octanol–water partition coefficient (Wildman–Crippen LogP) is 3.43. The van der Waals surface area contributed by atoms with Crippen LogP contribution in [0.15, 0.2) is 53.6 Å². The van der Waals surface area contributed by atoms with Crippen molar-refractivity contribution in [1.82, 2.24) is 28.8 Å². The van der Waals surface area contributed by atoms with Gasteiger partial charge in [-0.3, -0.25) is 0 Å². The molecule has 0 fully saturated rings. The van der Waals surface area contributed by atoms with E-state index in [4.69, 9.17) is 10.8 Å². The number of hydrogen-bond acceptors (Lipinski definition) is 4. The Bertz CT molecular complexity index is 1710. The summed E-state index contributed by atoms with van der Waals surface area (Å²) in [5, 5.41) is 16.8. The van der Waals surface area contributed by atoms with Gasteiger partial charge in [0.2, 0.25) is 0 Å². The Kier molecular flexibility index (Phi) is 6.72. The molecule has 3 heterocycles. The van der Waals surface area contributed by atoms with E-state index in [-0.39, 0.29) is 18.9 Å². The fourth-order valence-electron chi connectivity index (χ4n) is 4.79. The van der Waals surface area contributed by atoms with Crippen molar-refractivity contribution in [3.05, 3.63) is 70.9 Å². The van der Waals surface area contributed by atoms with Crippen molar-refractivity contribution in [2.45, 2.75) is 25.9 Å². The highest BCUT2D eigenvalue weighted by atomic mass is 19.1. The highest BCUT2D eigenvalue weighted by Gasteiger charge is 2.23. The Labute approximate surface area is 215 Å². The van der Waals surface area contributed by atoms with Crippen LogP contribution in [0.1, 0.15) is 12.8 Å². The molecule has 5 rings (SSSR count). The van der Waals surface area contributed by atoms with Crippen LogP contribution in [0.4, 0.5) is 13.6 Å². The quantitative estimate of drug-likeness (QED) is 0.255. The third-order valence-corrected chi connectivity index (χ3v) is 6.52. The molecule has 0 bridgehead atoms. The molecule has 4 N–H and O–H groups in total. The summed E-state index contributed by atoms with van der Waals surface area (Å²) in [5.41, 5.74) is 7.67. The largest absolute Gasteiger partial charge is 0.465 e. The number of rotatable bonds is 9. The second kappa shape index (κ2) is 10.1. The van der Waals surface area contributed by atoms with Gasteiger partial charge in [-0.05, 0) is 55.8 Å². The number of carboxylic acid groups (broad SMARTS) is 1. The number of nitrogens with one attached hydrogen (secondary N) is 1. The first-order valence-corrected chi connectivity index (χ1v) is 12.2. The van der Waals surface area contributed by atoms with Crippen LogP contribution in [0.25, 0.3) is 38.9 Å². The molecule has 2 aromatic carbocycles. The lowest BCUT2D eigenvalue weighted by Crippen LogP contribution is -2.27. The van der Waals surface area contributed by atoms with E-state index in [0.29, 0.717) is 48.0 Å². The van der Waals surface area contributed by atoms with Gasteiger partial charge in [-0.15, -0.1) is 5.10 Å². The van der Waals surface area contributed by atoms with Gasteiger partial charge in [-0.1, -0.05) is 0 Å². The molecule has 0 atom stereocenters. The molecule has 0 aliphatic carbocycles. The van der Waals surface area contributed by atoms with Crippen LogP contribution in [0.3, 0.4) is 0 Å². The summed E-state index contributed by atoms with van der Waals surface area (Å²) in [5.74, 6) is -0.623. The first-order chi connectivity index (χ1) is 18.3. The number of carbonyl (C=O) groups is 1. The maximum absolute atomic E-state index is 14.4. The molecule has 0 aliphatic heterocycles. The van der Waals surface area contributed by atoms with Crippen molar-refractivity contribution in [3.63, 3.8) is 0 Å². The zero-order valence-electron chi connectivity index (χ0n) is 20.7. The molecule has 0 unspecified atom stereocenters. The minimum atomic E-state index is -1.16. The van der Waals surface area contributed by atoms with Crippen molar-refractivity contribution >= 4 is 27.9 Å². The SMILES string of the molecule is Cn1cc(-c2nn(CCCNC(=O)O)c(=O)n2-c2cn(CCCN)c3ccc(F)cc23)c2cc(F)ccc21. The Morgan fingerprint density at radius 1 is 1.03 bits per heavy atom. The number of benzene rings is 2. The van der Waals surface area contributed by atoms with Crippen molar-refractivity contribution in [2.24, 2.45) is 12.8 Å². The van der Waals surface area contributed by atoms with Crippen molar-refractivity contribution in [3.8, 4) is 17.1 Å². The van der Waals surface area contributed by atoms with Crippen molar-refractivity contribution in [2.75, 3.05) is 13.1 Å². The van der Waals surface area contributed by atoms with Gasteiger partial charge < -0.3 is 25.3 Å². The van der Waals surface area contributed by atoms with Crippen LogP contribution in [0.5, 0.6) is 0 Å². The number of aromatic nitrogens is 5. The molecule has 0 radical (unpaired) electrons. The van der Waals surface area contributed by atoms with E-state index in [1.807, 2.05) is 16.2 Å². The molecule has 3 aromatic heterocycles. The first kappa shape index (κ1) is 25.2. The van der Waals surface area contributed by atoms with Gasteiger partial charge in [0, 0.05) is 60.9 Å². The number of halogens is 2. The van der Waals surface area contributed by atoms with E-state index in [0.717, 1.165) is 11.0 Å².